The molecule has 8 nitrogen and oxygen atoms in total. The molecule has 1 aromatic carbocycles. The Hall–Kier alpha value is -3.46. The van der Waals surface area contributed by atoms with Crippen LogP contribution in [0.4, 0.5) is 5.95 Å². The normalized spacial score (nSPS) is 11.6. The third-order valence-electron chi connectivity index (χ3n) is 3.93. The van der Waals surface area contributed by atoms with Crippen LogP contribution in [0.25, 0.3) is 16.9 Å². The van der Waals surface area contributed by atoms with Gasteiger partial charge < -0.3 is 4.42 Å². The molecule has 0 atom stereocenters. The van der Waals surface area contributed by atoms with E-state index >= 15 is 0 Å². The number of amides is 1. The van der Waals surface area contributed by atoms with Gasteiger partial charge in [0.2, 0.25) is 5.95 Å². The van der Waals surface area contributed by atoms with Gasteiger partial charge in [-0.15, -0.1) is 5.10 Å². The predicted octanol–water partition coefficient (Wildman–Crippen LogP) is 2.65. The van der Waals surface area contributed by atoms with Gasteiger partial charge in [0.25, 0.3) is 5.91 Å². The van der Waals surface area contributed by atoms with E-state index in [0.717, 1.165) is 17.5 Å². The van der Waals surface area contributed by atoms with Crippen molar-refractivity contribution in [3.05, 3.63) is 66.6 Å². The Labute approximate surface area is 154 Å². The maximum absolute atomic E-state index is 12.5. The zero-order valence-corrected chi connectivity index (χ0v) is 15.0. The van der Waals surface area contributed by atoms with Crippen LogP contribution < -0.4 is 5.32 Å². The topological polar surface area (TPSA) is 107 Å². The fraction of sp³-hybridized carbons (Fsp3) is 0.0556. The number of carbonyl (C=O) groups is 1. The second-order valence-electron chi connectivity index (χ2n) is 5.88. The minimum atomic E-state index is -3.41. The SMILES string of the molecule is CS(=O)(=O)c1cccc(C(=O)Nc2nc3cccc(-c4ccoc4)n3n2)c1. The van der Waals surface area contributed by atoms with Gasteiger partial charge in [-0.1, -0.05) is 12.1 Å². The molecule has 27 heavy (non-hydrogen) atoms. The molecule has 1 amide bonds. The van der Waals surface area contributed by atoms with Crippen LogP contribution in [0.5, 0.6) is 0 Å². The predicted molar refractivity (Wildman–Crippen MR) is 98.2 cm³/mol. The molecule has 3 aromatic heterocycles. The Morgan fingerprint density at radius 2 is 1.96 bits per heavy atom. The van der Waals surface area contributed by atoms with E-state index in [9.17, 15) is 13.2 Å². The number of anilines is 1. The lowest BCUT2D eigenvalue weighted by molar-refractivity contribution is 0.102. The minimum Gasteiger partial charge on any atom is -0.472 e. The van der Waals surface area contributed by atoms with Crippen molar-refractivity contribution >= 4 is 27.3 Å². The molecule has 0 bridgehead atoms. The number of hydrogen-bond acceptors (Lipinski definition) is 6. The summed E-state index contributed by atoms with van der Waals surface area (Å²) < 4.78 is 30.0. The second-order valence-corrected chi connectivity index (χ2v) is 7.90. The van der Waals surface area contributed by atoms with Crippen molar-refractivity contribution in [2.24, 2.45) is 0 Å². The number of benzene rings is 1. The Kier molecular flexibility index (Phi) is 4.00. The van der Waals surface area contributed by atoms with Crippen LogP contribution in [0.1, 0.15) is 10.4 Å². The first-order chi connectivity index (χ1) is 12.9. The van der Waals surface area contributed by atoms with Crippen LogP contribution in [0, 0.1) is 0 Å². The van der Waals surface area contributed by atoms with Gasteiger partial charge in [-0.05, 0) is 36.4 Å². The molecule has 0 fully saturated rings. The third-order valence-corrected chi connectivity index (χ3v) is 5.04. The van der Waals surface area contributed by atoms with Crippen LogP contribution in [0.3, 0.4) is 0 Å². The van der Waals surface area contributed by atoms with Gasteiger partial charge in [0.05, 0.1) is 23.1 Å². The van der Waals surface area contributed by atoms with Gasteiger partial charge in [0, 0.05) is 17.4 Å². The molecule has 9 heteroatoms. The number of pyridine rings is 1. The summed E-state index contributed by atoms with van der Waals surface area (Å²) >= 11 is 0. The zero-order chi connectivity index (χ0) is 19.0. The van der Waals surface area contributed by atoms with Crippen LogP contribution in [-0.4, -0.2) is 35.2 Å². The van der Waals surface area contributed by atoms with Crippen molar-refractivity contribution in [2.45, 2.75) is 4.90 Å². The Bertz CT molecular complexity index is 1240. The molecule has 0 aliphatic carbocycles. The summed E-state index contributed by atoms with van der Waals surface area (Å²) in [5.41, 5.74) is 2.33. The highest BCUT2D eigenvalue weighted by atomic mass is 32.2. The van der Waals surface area contributed by atoms with Gasteiger partial charge in [-0.3, -0.25) is 10.1 Å². The van der Waals surface area contributed by atoms with Gasteiger partial charge in [-0.2, -0.15) is 4.98 Å². The van der Waals surface area contributed by atoms with E-state index in [-0.39, 0.29) is 16.4 Å². The molecule has 0 radical (unpaired) electrons. The maximum atomic E-state index is 12.5. The summed E-state index contributed by atoms with van der Waals surface area (Å²) in [7, 11) is -3.41. The first-order valence-corrected chi connectivity index (χ1v) is 9.81. The molecule has 4 aromatic rings. The number of rotatable bonds is 4. The molecule has 4 rings (SSSR count). The molecule has 0 unspecified atom stereocenters. The maximum Gasteiger partial charge on any atom is 0.258 e. The lowest BCUT2D eigenvalue weighted by Gasteiger charge is -2.03. The quantitative estimate of drug-likeness (QED) is 0.581. The number of furan rings is 1. The lowest BCUT2D eigenvalue weighted by atomic mass is 10.2. The minimum absolute atomic E-state index is 0.0698. The van der Waals surface area contributed by atoms with Gasteiger partial charge in [0.15, 0.2) is 15.5 Å². The molecule has 0 saturated heterocycles. The molecular weight excluding hydrogens is 368 g/mol. The third kappa shape index (κ3) is 3.32. The Morgan fingerprint density at radius 1 is 1.15 bits per heavy atom. The van der Waals surface area contributed by atoms with Crippen LogP contribution >= 0.6 is 0 Å². The first kappa shape index (κ1) is 17.0. The van der Waals surface area contributed by atoms with E-state index in [1.807, 2.05) is 12.1 Å². The monoisotopic (exact) mass is 382 g/mol. The van der Waals surface area contributed by atoms with E-state index in [0.29, 0.717) is 5.65 Å². The summed E-state index contributed by atoms with van der Waals surface area (Å²) in [5, 5.41) is 6.92. The summed E-state index contributed by atoms with van der Waals surface area (Å²) in [6, 6.07) is 13.0. The summed E-state index contributed by atoms with van der Waals surface area (Å²) in [5.74, 6) is -0.387. The van der Waals surface area contributed by atoms with Crippen molar-refractivity contribution in [1.82, 2.24) is 14.6 Å². The smallest absolute Gasteiger partial charge is 0.258 e. The van der Waals surface area contributed by atoms with E-state index in [2.05, 4.69) is 15.4 Å². The van der Waals surface area contributed by atoms with Crippen molar-refractivity contribution in [3.63, 3.8) is 0 Å². The molecule has 0 aliphatic rings. The molecule has 1 N–H and O–H groups in total. The molecule has 3 heterocycles. The van der Waals surface area contributed by atoms with Crippen molar-refractivity contribution in [3.8, 4) is 11.3 Å². The fourth-order valence-corrected chi connectivity index (χ4v) is 3.30. The van der Waals surface area contributed by atoms with E-state index in [4.69, 9.17) is 4.42 Å². The lowest BCUT2D eigenvalue weighted by Crippen LogP contribution is -2.14. The average Bonchev–Trinajstić information content (AvgIpc) is 3.30. The molecule has 0 saturated carbocycles. The van der Waals surface area contributed by atoms with Gasteiger partial charge in [0.1, 0.15) is 0 Å². The number of fused-ring (bicyclic) bond motifs is 1. The summed E-state index contributed by atoms with van der Waals surface area (Å²) in [4.78, 5) is 16.8. The zero-order valence-electron chi connectivity index (χ0n) is 14.2. The fourth-order valence-electron chi connectivity index (χ4n) is 2.63. The summed E-state index contributed by atoms with van der Waals surface area (Å²) in [6.07, 6.45) is 4.24. The van der Waals surface area contributed by atoms with Crippen molar-refractivity contribution in [2.75, 3.05) is 11.6 Å². The largest absolute Gasteiger partial charge is 0.472 e. The number of sulfone groups is 1. The molecular formula is C18H14N4O4S. The van der Waals surface area contributed by atoms with E-state index < -0.39 is 15.7 Å². The molecule has 136 valence electrons. The van der Waals surface area contributed by atoms with Crippen molar-refractivity contribution < 1.29 is 17.6 Å². The Morgan fingerprint density at radius 3 is 2.70 bits per heavy atom. The standard InChI is InChI=1S/C18H14N4O4S/c1-27(24,25)14-5-2-4-12(10-14)17(23)20-18-19-16-7-3-6-15(22(16)21-18)13-8-9-26-11-13/h2-11H,1H3,(H,20,21,23). The highest BCUT2D eigenvalue weighted by molar-refractivity contribution is 7.90. The summed E-state index contributed by atoms with van der Waals surface area (Å²) in [6.45, 7) is 0. The second kappa shape index (κ2) is 6.36. The Balaban J connectivity index is 1.66. The average molecular weight is 382 g/mol. The molecule has 0 spiro atoms. The van der Waals surface area contributed by atoms with Crippen molar-refractivity contribution in [1.29, 1.82) is 0 Å². The highest BCUT2D eigenvalue weighted by Crippen LogP contribution is 2.21. The van der Waals surface area contributed by atoms with E-state index in [1.54, 1.807) is 29.2 Å². The van der Waals surface area contributed by atoms with Gasteiger partial charge in [-0.25, -0.2) is 12.9 Å². The van der Waals surface area contributed by atoms with Crippen LogP contribution in [-0.2, 0) is 9.84 Å². The number of nitrogens with zero attached hydrogens (tertiary/aromatic N) is 3. The van der Waals surface area contributed by atoms with E-state index in [1.165, 1.54) is 24.3 Å². The molecule has 0 aliphatic heterocycles. The number of carbonyl (C=O) groups excluding carboxylic acids is 1. The van der Waals surface area contributed by atoms with Crippen LogP contribution in [0.2, 0.25) is 0 Å². The van der Waals surface area contributed by atoms with Crippen LogP contribution in [0.15, 0.2) is 70.4 Å². The first-order valence-electron chi connectivity index (χ1n) is 7.92. The number of aromatic nitrogens is 3. The number of hydrogen-bond donors (Lipinski definition) is 1. The van der Waals surface area contributed by atoms with Gasteiger partial charge >= 0.3 is 0 Å². The number of nitrogens with one attached hydrogen (secondary N) is 1. The highest BCUT2D eigenvalue weighted by Gasteiger charge is 2.15.